The van der Waals surface area contributed by atoms with Crippen molar-refractivity contribution in [1.82, 2.24) is 0 Å². The van der Waals surface area contributed by atoms with Crippen molar-refractivity contribution >= 4 is 19.8 Å². The van der Waals surface area contributed by atoms with Crippen LogP contribution in [0.3, 0.4) is 0 Å². The number of ether oxygens (including phenoxy) is 2. The Kier molecular flexibility index (Phi) is 36.9. The summed E-state index contributed by atoms with van der Waals surface area (Å²) in [6.45, 7) is 3.44. The van der Waals surface area contributed by atoms with Crippen LogP contribution in [0.2, 0.25) is 0 Å². The minimum atomic E-state index is -4.79. The molecule has 2 atom stereocenters. The van der Waals surface area contributed by atoms with Crippen LogP contribution in [0.15, 0.2) is 72.9 Å². The average Bonchev–Trinajstić information content (AvgIpc) is 3.14. The van der Waals surface area contributed by atoms with E-state index in [1.807, 2.05) is 48.6 Å². The summed E-state index contributed by atoms with van der Waals surface area (Å²) in [6, 6.07) is 0. The summed E-state index contributed by atoms with van der Waals surface area (Å²) in [5.41, 5.74) is 0. The third-order valence-corrected chi connectivity index (χ3v) is 9.07. The van der Waals surface area contributed by atoms with Crippen LogP contribution in [0.4, 0.5) is 0 Å². The lowest BCUT2D eigenvalue weighted by Crippen LogP contribution is -2.29. The van der Waals surface area contributed by atoms with E-state index in [1.165, 1.54) is 77.0 Å². The van der Waals surface area contributed by atoms with Crippen molar-refractivity contribution < 1.29 is 43.0 Å². The molecule has 0 aromatic rings. The van der Waals surface area contributed by atoms with Crippen LogP contribution in [0, 0.1) is 0 Å². The molecule has 0 radical (unpaired) electrons. The first kappa shape index (κ1) is 51.5. The summed E-state index contributed by atoms with van der Waals surface area (Å²) >= 11 is 0. The van der Waals surface area contributed by atoms with Crippen LogP contribution in [0.1, 0.15) is 168 Å². The van der Waals surface area contributed by atoms with Crippen molar-refractivity contribution in [3.8, 4) is 0 Å². The van der Waals surface area contributed by atoms with Crippen molar-refractivity contribution in [2.24, 2.45) is 0 Å². The van der Waals surface area contributed by atoms with Gasteiger partial charge in [0.2, 0.25) is 0 Å². The van der Waals surface area contributed by atoms with E-state index < -0.39 is 38.6 Å². The largest absolute Gasteiger partial charge is 0.469 e. The predicted molar refractivity (Wildman–Crippen MR) is 222 cm³/mol. The van der Waals surface area contributed by atoms with Gasteiger partial charge in [-0.05, 0) is 44.9 Å². The Morgan fingerprint density at radius 1 is 0.593 bits per heavy atom. The molecular weight excluding hydrogens is 703 g/mol. The van der Waals surface area contributed by atoms with Crippen molar-refractivity contribution in [2.75, 3.05) is 13.2 Å². The third kappa shape index (κ3) is 40.6. The van der Waals surface area contributed by atoms with E-state index in [1.54, 1.807) is 6.08 Å². The molecule has 1 unspecified atom stereocenters. The number of esters is 2. The first-order chi connectivity index (χ1) is 26.2. The minimum Gasteiger partial charge on any atom is -0.462 e. The Labute approximate surface area is 328 Å². The van der Waals surface area contributed by atoms with Gasteiger partial charge in [0, 0.05) is 12.8 Å². The number of hydrogen-bond donors (Lipinski definition) is 3. The molecule has 0 amide bonds. The monoisotopic (exact) mass is 779 g/mol. The molecule has 0 aromatic heterocycles. The molecule has 0 aliphatic rings. The quantitative estimate of drug-likeness (QED) is 0.0185. The summed E-state index contributed by atoms with van der Waals surface area (Å²) in [7, 11) is -4.79. The summed E-state index contributed by atoms with van der Waals surface area (Å²) < 4.78 is 26.3. The number of aliphatic hydroxyl groups excluding tert-OH is 1. The fourth-order valence-corrected chi connectivity index (χ4v) is 5.84. The topological polar surface area (TPSA) is 140 Å². The number of phosphoric ester groups is 1. The Morgan fingerprint density at radius 2 is 1.11 bits per heavy atom. The second-order valence-electron chi connectivity index (χ2n) is 13.8. The smallest absolute Gasteiger partial charge is 0.462 e. The normalized spacial score (nSPS) is 13.8. The van der Waals surface area contributed by atoms with Gasteiger partial charge in [0.15, 0.2) is 6.10 Å². The van der Waals surface area contributed by atoms with Gasteiger partial charge in [0.05, 0.1) is 12.7 Å². The number of rotatable bonds is 37. The van der Waals surface area contributed by atoms with Gasteiger partial charge < -0.3 is 24.4 Å². The zero-order chi connectivity index (χ0) is 39.8. The first-order valence-electron chi connectivity index (χ1n) is 20.8. The standard InChI is InChI=1S/C44H75O9P/c1-3-5-7-9-11-12-13-14-15-16-17-18-22-25-29-33-37-43(46)51-39-42(40-52-54(48,49)50)53-44(47)38-34-30-26-23-20-19-21-24-28-32-36-41(45)35-31-27-10-8-6-4-2/h6,8,19-20,24,26-28,30-32,36,41-42,45H,3-5,7,9-18,21-23,25,29,33-35,37-40H2,1-2H3,(H2,48,49,50)/b8-6-,20-19-,28-24-,30-26-,31-27-,36-32+/t41?,42-/m1/s1. The van der Waals surface area contributed by atoms with Gasteiger partial charge >= 0.3 is 19.8 Å². The van der Waals surface area contributed by atoms with Gasteiger partial charge in [-0.1, -0.05) is 183 Å². The summed E-state index contributed by atoms with van der Waals surface area (Å²) in [5.74, 6) is -1.01. The number of carbonyl (C=O) groups is 2. The zero-order valence-electron chi connectivity index (χ0n) is 33.7. The highest BCUT2D eigenvalue weighted by atomic mass is 31.2. The highest BCUT2D eigenvalue weighted by Gasteiger charge is 2.22. The maximum atomic E-state index is 12.4. The molecule has 0 saturated carbocycles. The maximum Gasteiger partial charge on any atom is 0.469 e. The Balaban J connectivity index is 4.12. The van der Waals surface area contributed by atoms with Gasteiger partial charge in [0.1, 0.15) is 6.61 Å². The molecule has 0 bridgehead atoms. The molecule has 0 spiro atoms. The summed E-state index contributed by atoms with van der Waals surface area (Å²) in [5, 5.41) is 9.97. The van der Waals surface area contributed by atoms with Gasteiger partial charge in [-0.15, -0.1) is 0 Å². The van der Waals surface area contributed by atoms with Crippen LogP contribution in [0.25, 0.3) is 0 Å². The lowest BCUT2D eigenvalue weighted by molar-refractivity contribution is -0.161. The minimum absolute atomic E-state index is 0.0619. The van der Waals surface area contributed by atoms with E-state index in [4.69, 9.17) is 19.3 Å². The summed E-state index contributed by atoms with van der Waals surface area (Å²) in [6.07, 6.45) is 46.6. The van der Waals surface area contributed by atoms with Crippen LogP contribution >= 0.6 is 7.82 Å². The van der Waals surface area contributed by atoms with E-state index in [0.717, 1.165) is 38.5 Å². The molecule has 3 N–H and O–H groups in total. The van der Waals surface area contributed by atoms with Crippen LogP contribution in [0.5, 0.6) is 0 Å². The molecule has 10 heteroatoms. The third-order valence-electron chi connectivity index (χ3n) is 8.58. The van der Waals surface area contributed by atoms with Crippen LogP contribution < -0.4 is 0 Å². The Morgan fingerprint density at radius 3 is 1.69 bits per heavy atom. The number of aliphatic hydroxyl groups is 1. The average molecular weight is 779 g/mol. The molecule has 0 fully saturated rings. The Bertz CT molecular complexity index is 1120. The van der Waals surface area contributed by atoms with Crippen molar-refractivity contribution in [1.29, 1.82) is 0 Å². The second-order valence-corrected chi connectivity index (χ2v) is 15.0. The van der Waals surface area contributed by atoms with E-state index in [2.05, 4.69) is 36.6 Å². The highest BCUT2D eigenvalue weighted by molar-refractivity contribution is 7.46. The molecule has 0 aliphatic carbocycles. The van der Waals surface area contributed by atoms with Crippen molar-refractivity contribution in [2.45, 2.75) is 180 Å². The van der Waals surface area contributed by atoms with E-state index in [9.17, 15) is 19.3 Å². The van der Waals surface area contributed by atoms with Gasteiger partial charge in [-0.3, -0.25) is 14.1 Å². The molecular formula is C44H75O9P. The molecule has 0 aliphatic heterocycles. The maximum absolute atomic E-state index is 12.4. The van der Waals surface area contributed by atoms with Crippen molar-refractivity contribution in [3.63, 3.8) is 0 Å². The molecule has 54 heavy (non-hydrogen) atoms. The number of phosphoric acid groups is 1. The van der Waals surface area contributed by atoms with Crippen LogP contribution in [-0.4, -0.2) is 52.3 Å². The van der Waals surface area contributed by atoms with Gasteiger partial charge in [-0.25, -0.2) is 4.57 Å². The second kappa shape index (κ2) is 38.7. The predicted octanol–water partition coefficient (Wildman–Crippen LogP) is 11.7. The molecule has 0 rings (SSSR count). The molecule has 9 nitrogen and oxygen atoms in total. The highest BCUT2D eigenvalue weighted by Crippen LogP contribution is 2.36. The molecule has 0 heterocycles. The molecule has 0 saturated heterocycles. The lowest BCUT2D eigenvalue weighted by Gasteiger charge is -2.18. The van der Waals surface area contributed by atoms with Gasteiger partial charge in [-0.2, -0.15) is 0 Å². The van der Waals surface area contributed by atoms with Gasteiger partial charge in [0.25, 0.3) is 0 Å². The van der Waals surface area contributed by atoms with E-state index in [0.29, 0.717) is 25.7 Å². The lowest BCUT2D eigenvalue weighted by atomic mass is 10.0. The SMILES string of the molecule is CC/C=C\C/C=C\CC(O)/C=C/C=C\C/C=C\C/C=C\CCC(=O)O[C@H](COC(=O)CCCCCCCCCCCCCCCCCC)COP(=O)(O)O. The fraction of sp³-hybridized carbons (Fsp3) is 0.682. The summed E-state index contributed by atoms with van der Waals surface area (Å²) in [4.78, 5) is 42.8. The number of allylic oxidation sites excluding steroid dienone is 10. The number of unbranched alkanes of at least 4 members (excludes halogenated alkanes) is 15. The van der Waals surface area contributed by atoms with Crippen molar-refractivity contribution in [3.05, 3.63) is 72.9 Å². The first-order valence-corrected chi connectivity index (χ1v) is 22.4. The number of carbonyl (C=O) groups excluding carboxylic acids is 2. The number of hydrogen-bond acceptors (Lipinski definition) is 7. The molecule has 310 valence electrons. The Hall–Kier alpha value is -2.55. The van der Waals surface area contributed by atoms with E-state index >= 15 is 0 Å². The fourth-order valence-electron chi connectivity index (χ4n) is 5.48. The van der Waals surface area contributed by atoms with Crippen LogP contribution in [-0.2, 0) is 28.2 Å². The van der Waals surface area contributed by atoms with E-state index in [-0.39, 0.29) is 19.4 Å². The zero-order valence-corrected chi connectivity index (χ0v) is 34.6. The molecule has 0 aromatic carbocycles.